The number of thiophene rings is 1. The molecule has 2 aromatic heterocycles. The maximum absolute atomic E-state index is 12.7. The molecule has 0 radical (unpaired) electrons. The fraction of sp³-hybridized carbons (Fsp3) is 0.250. The quantitative estimate of drug-likeness (QED) is 0.714. The summed E-state index contributed by atoms with van der Waals surface area (Å²) in [5, 5.41) is 10.8. The molecule has 3 aromatic rings. The summed E-state index contributed by atoms with van der Waals surface area (Å²) in [4.78, 5) is 18.0. The molecule has 0 saturated carbocycles. The number of hydrogen-bond donors (Lipinski definition) is 0. The SMILES string of the molecule is Cc1ccccc1C(=O)N1CCN(c2ccc(-c3cccs3)nn2)CC1. The predicted octanol–water partition coefficient (Wildman–Crippen LogP) is 3.48. The van der Waals surface area contributed by atoms with Gasteiger partial charge >= 0.3 is 0 Å². The van der Waals surface area contributed by atoms with Crippen molar-refractivity contribution >= 4 is 23.1 Å². The fourth-order valence-corrected chi connectivity index (χ4v) is 3.86. The number of nitrogens with zero attached hydrogens (tertiary/aromatic N) is 4. The lowest BCUT2D eigenvalue weighted by Gasteiger charge is -2.35. The van der Waals surface area contributed by atoms with E-state index in [-0.39, 0.29) is 5.91 Å². The van der Waals surface area contributed by atoms with Crippen LogP contribution in [0.4, 0.5) is 5.82 Å². The van der Waals surface area contributed by atoms with Gasteiger partial charge in [0.25, 0.3) is 5.91 Å². The van der Waals surface area contributed by atoms with Crippen molar-refractivity contribution in [2.45, 2.75) is 6.92 Å². The second-order valence-electron chi connectivity index (χ2n) is 6.35. The molecule has 5 nitrogen and oxygen atoms in total. The summed E-state index contributed by atoms with van der Waals surface area (Å²) in [6.07, 6.45) is 0. The second-order valence-corrected chi connectivity index (χ2v) is 7.30. The third-order valence-electron chi connectivity index (χ3n) is 4.69. The second kappa shape index (κ2) is 7.25. The number of aromatic nitrogens is 2. The molecule has 6 heteroatoms. The van der Waals surface area contributed by atoms with Crippen molar-refractivity contribution in [1.82, 2.24) is 15.1 Å². The van der Waals surface area contributed by atoms with E-state index < -0.39 is 0 Å². The number of amides is 1. The molecule has 0 aliphatic carbocycles. The van der Waals surface area contributed by atoms with Gasteiger partial charge in [-0.2, -0.15) is 0 Å². The van der Waals surface area contributed by atoms with Gasteiger partial charge in [-0.05, 0) is 42.1 Å². The Morgan fingerprint density at radius 1 is 0.962 bits per heavy atom. The summed E-state index contributed by atoms with van der Waals surface area (Å²) < 4.78 is 0. The minimum absolute atomic E-state index is 0.113. The van der Waals surface area contributed by atoms with Gasteiger partial charge in [-0.15, -0.1) is 21.5 Å². The first-order valence-corrected chi connectivity index (χ1v) is 9.58. The zero-order valence-electron chi connectivity index (χ0n) is 14.6. The number of rotatable bonds is 3. The van der Waals surface area contributed by atoms with Crippen molar-refractivity contribution in [2.75, 3.05) is 31.1 Å². The summed E-state index contributed by atoms with van der Waals surface area (Å²) in [5.74, 6) is 0.982. The van der Waals surface area contributed by atoms with E-state index in [2.05, 4.69) is 15.1 Å². The van der Waals surface area contributed by atoms with Crippen molar-refractivity contribution in [1.29, 1.82) is 0 Å². The first-order chi connectivity index (χ1) is 12.7. The van der Waals surface area contributed by atoms with Crippen LogP contribution < -0.4 is 4.90 Å². The Labute approximate surface area is 156 Å². The van der Waals surface area contributed by atoms with E-state index >= 15 is 0 Å². The zero-order chi connectivity index (χ0) is 17.9. The lowest BCUT2D eigenvalue weighted by atomic mass is 10.1. The van der Waals surface area contributed by atoms with Gasteiger partial charge in [-0.3, -0.25) is 4.79 Å². The number of aryl methyl sites for hydroxylation is 1. The molecular formula is C20H20N4OS. The highest BCUT2D eigenvalue weighted by Crippen LogP contribution is 2.23. The highest BCUT2D eigenvalue weighted by molar-refractivity contribution is 7.13. The van der Waals surface area contributed by atoms with Crippen molar-refractivity contribution in [3.05, 3.63) is 65.0 Å². The molecule has 4 rings (SSSR count). The standard InChI is InChI=1S/C20H20N4OS/c1-15-5-2-3-6-16(15)20(25)24-12-10-23(11-13-24)19-9-8-17(21-22-19)18-7-4-14-26-18/h2-9,14H,10-13H2,1H3. The average molecular weight is 364 g/mol. The van der Waals surface area contributed by atoms with Crippen molar-refractivity contribution < 1.29 is 4.79 Å². The molecule has 1 aliphatic rings. The van der Waals surface area contributed by atoms with E-state index in [0.717, 1.165) is 40.6 Å². The third kappa shape index (κ3) is 3.32. The number of carbonyl (C=O) groups excluding carboxylic acids is 1. The topological polar surface area (TPSA) is 49.3 Å². The monoisotopic (exact) mass is 364 g/mol. The van der Waals surface area contributed by atoms with Gasteiger partial charge in [0, 0.05) is 31.7 Å². The molecule has 0 spiro atoms. The average Bonchev–Trinajstić information content (AvgIpc) is 3.23. The lowest BCUT2D eigenvalue weighted by molar-refractivity contribution is 0.0746. The molecule has 3 heterocycles. The highest BCUT2D eigenvalue weighted by atomic mass is 32.1. The fourth-order valence-electron chi connectivity index (χ4n) is 3.17. The molecule has 1 fully saturated rings. The summed E-state index contributed by atoms with van der Waals surface area (Å²) >= 11 is 1.66. The lowest BCUT2D eigenvalue weighted by Crippen LogP contribution is -2.49. The van der Waals surface area contributed by atoms with Crippen LogP contribution in [0.25, 0.3) is 10.6 Å². The minimum atomic E-state index is 0.113. The van der Waals surface area contributed by atoms with Crippen molar-refractivity contribution in [3.8, 4) is 10.6 Å². The molecule has 1 amide bonds. The Morgan fingerprint density at radius 2 is 1.77 bits per heavy atom. The minimum Gasteiger partial charge on any atom is -0.352 e. The molecule has 1 aromatic carbocycles. The molecule has 0 atom stereocenters. The maximum atomic E-state index is 12.7. The van der Waals surface area contributed by atoms with E-state index in [1.165, 1.54) is 0 Å². The van der Waals surface area contributed by atoms with Crippen LogP contribution >= 0.6 is 11.3 Å². The maximum Gasteiger partial charge on any atom is 0.254 e. The van der Waals surface area contributed by atoms with Gasteiger partial charge in [0.2, 0.25) is 0 Å². The first kappa shape index (κ1) is 16.7. The summed E-state index contributed by atoms with van der Waals surface area (Å²) in [6.45, 7) is 4.91. The van der Waals surface area contributed by atoms with Gasteiger partial charge in [-0.25, -0.2) is 0 Å². The van der Waals surface area contributed by atoms with E-state index in [1.807, 2.05) is 65.7 Å². The number of hydrogen-bond acceptors (Lipinski definition) is 5. The van der Waals surface area contributed by atoms with Crippen LogP contribution in [0, 0.1) is 6.92 Å². The molecule has 0 N–H and O–H groups in total. The molecule has 132 valence electrons. The van der Waals surface area contributed by atoms with Gasteiger partial charge in [0.05, 0.1) is 4.88 Å². The Balaban J connectivity index is 1.40. The van der Waals surface area contributed by atoms with Gasteiger partial charge in [-0.1, -0.05) is 24.3 Å². The smallest absolute Gasteiger partial charge is 0.254 e. The van der Waals surface area contributed by atoms with Crippen LogP contribution in [0.2, 0.25) is 0 Å². The third-order valence-corrected chi connectivity index (χ3v) is 5.58. The van der Waals surface area contributed by atoms with Gasteiger partial charge < -0.3 is 9.80 Å². The zero-order valence-corrected chi connectivity index (χ0v) is 15.4. The van der Waals surface area contributed by atoms with E-state index in [9.17, 15) is 4.79 Å². The van der Waals surface area contributed by atoms with E-state index in [4.69, 9.17) is 0 Å². The summed E-state index contributed by atoms with van der Waals surface area (Å²) in [5.41, 5.74) is 2.72. The number of carbonyl (C=O) groups is 1. The van der Waals surface area contributed by atoms with Crippen molar-refractivity contribution in [2.24, 2.45) is 0 Å². The van der Waals surface area contributed by atoms with Crippen LogP contribution in [0.1, 0.15) is 15.9 Å². The normalized spacial score (nSPS) is 14.5. The molecular weight excluding hydrogens is 344 g/mol. The van der Waals surface area contributed by atoms with Crippen LogP contribution in [0.5, 0.6) is 0 Å². The van der Waals surface area contributed by atoms with Crippen molar-refractivity contribution in [3.63, 3.8) is 0 Å². The van der Waals surface area contributed by atoms with Crippen LogP contribution in [-0.2, 0) is 0 Å². The molecule has 0 unspecified atom stereocenters. The molecule has 26 heavy (non-hydrogen) atoms. The number of piperazine rings is 1. The largest absolute Gasteiger partial charge is 0.352 e. The van der Waals surface area contributed by atoms with Gasteiger partial charge in [0.15, 0.2) is 5.82 Å². The van der Waals surface area contributed by atoms with E-state index in [0.29, 0.717) is 13.1 Å². The Kier molecular flexibility index (Phi) is 4.67. The predicted molar refractivity (Wildman–Crippen MR) is 105 cm³/mol. The van der Waals surface area contributed by atoms with E-state index in [1.54, 1.807) is 11.3 Å². The Bertz CT molecular complexity index is 884. The Morgan fingerprint density at radius 3 is 2.42 bits per heavy atom. The highest BCUT2D eigenvalue weighted by Gasteiger charge is 2.23. The Hall–Kier alpha value is -2.73. The van der Waals surface area contributed by atoms with Gasteiger partial charge in [0.1, 0.15) is 5.69 Å². The molecule has 1 aliphatic heterocycles. The number of anilines is 1. The summed E-state index contributed by atoms with van der Waals surface area (Å²) in [7, 11) is 0. The summed E-state index contributed by atoms with van der Waals surface area (Å²) in [6, 6.07) is 15.8. The molecule has 0 bridgehead atoms. The molecule has 1 saturated heterocycles. The van der Waals surface area contributed by atoms with Crippen LogP contribution in [0.15, 0.2) is 53.9 Å². The van der Waals surface area contributed by atoms with Crippen LogP contribution in [0.3, 0.4) is 0 Å². The first-order valence-electron chi connectivity index (χ1n) is 8.70. The van der Waals surface area contributed by atoms with Crippen LogP contribution in [-0.4, -0.2) is 47.2 Å². The number of benzene rings is 1.